The van der Waals surface area contributed by atoms with Gasteiger partial charge in [-0.25, -0.2) is 4.79 Å². The minimum atomic E-state index is -1.63. The van der Waals surface area contributed by atoms with Crippen LogP contribution in [0.5, 0.6) is 0 Å². The molecule has 6 rings (SSSR count). The van der Waals surface area contributed by atoms with Gasteiger partial charge in [0.25, 0.3) is 0 Å². The zero-order chi connectivity index (χ0) is 35.4. The Labute approximate surface area is 285 Å². The number of esters is 2. The molecule has 0 aromatic heterocycles. The molecule has 272 valence electrons. The Hall–Kier alpha value is -1.56. The first-order valence-corrected chi connectivity index (χ1v) is 18.1. The van der Waals surface area contributed by atoms with Gasteiger partial charge in [0.2, 0.25) is 0 Å². The summed E-state index contributed by atoms with van der Waals surface area (Å²) in [6.07, 6.45) is 1.12. The first-order chi connectivity index (χ1) is 22.2. The van der Waals surface area contributed by atoms with Crippen LogP contribution in [0.2, 0.25) is 0 Å². The Kier molecular flexibility index (Phi) is 8.86. The quantitative estimate of drug-likeness (QED) is 0.193. The van der Waals surface area contributed by atoms with E-state index in [-0.39, 0.29) is 51.0 Å². The van der Waals surface area contributed by atoms with Crippen molar-refractivity contribution in [1.82, 2.24) is 0 Å². The van der Waals surface area contributed by atoms with E-state index in [4.69, 9.17) is 18.9 Å². The number of hydrogen-bond donors (Lipinski definition) is 4. The number of carbonyl (C=O) groups is 2. The van der Waals surface area contributed by atoms with E-state index >= 15 is 0 Å². The lowest BCUT2D eigenvalue weighted by molar-refractivity contribution is -0.324. The van der Waals surface area contributed by atoms with E-state index in [0.29, 0.717) is 25.2 Å². The molecular formula is C38H60O10. The van der Waals surface area contributed by atoms with Gasteiger partial charge in [0.1, 0.15) is 23.7 Å². The van der Waals surface area contributed by atoms with Crippen LogP contribution in [0.25, 0.3) is 0 Å². The molecule has 10 nitrogen and oxygen atoms in total. The molecule has 0 spiro atoms. The lowest BCUT2D eigenvalue weighted by atomic mass is 9.33. The Balaban J connectivity index is 1.30. The maximum absolute atomic E-state index is 13.6. The van der Waals surface area contributed by atoms with Crippen LogP contribution in [0.4, 0.5) is 0 Å². The van der Waals surface area contributed by atoms with E-state index < -0.39 is 48.2 Å². The molecule has 6 aliphatic rings. The Bertz CT molecular complexity index is 1330. The standard InChI is InChI=1S/C38H60O10/c1-33(2)16-17-38(32(44)46-9)21(18-33)20-10-11-23-35(5)14-13-25(47-31-28(42)26(40)27(41)29(48-31)30(43)45-8)34(3,4)22(35)12-15-36(23,6)37(20,7)19-24(38)39/h10,21-29,31,39-42H,11-19H2,1-9H3/t21-,22-,23+,24+,25-,26?,27?,28?,29?,31?,35-,36+,37+,38+/m0/s1. The number of ether oxygens (including phenoxy) is 4. The van der Waals surface area contributed by atoms with Crippen LogP contribution in [0.1, 0.15) is 106 Å². The van der Waals surface area contributed by atoms with Crippen LogP contribution in [0, 0.1) is 50.2 Å². The average molecular weight is 677 g/mol. The number of methoxy groups -OCH3 is 2. The van der Waals surface area contributed by atoms with Crippen molar-refractivity contribution in [3.63, 3.8) is 0 Å². The number of fused-ring (bicyclic) bond motifs is 7. The third-order valence-corrected chi connectivity index (χ3v) is 15.5. The number of carbonyl (C=O) groups excluding carboxylic acids is 2. The van der Waals surface area contributed by atoms with E-state index in [0.717, 1.165) is 38.5 Å². The predicted octanol–water partition coefficient (Wildman–Crippen LogP) is 4.30. The van der Waals surface area contributed by atoms with E-state index in [1.807, 2.05) is 0 Å². The highest BCUT2D eigenvalue weighted by Gasteiger charge is 2.71. The first-order valence-electron chi connectivity index (χ1n) is 18.1. The summed E-state index contributed by atoms with van der Waals surface area (Å²) in [5.41, 5.74) is -0.267. The number of allylic oxidation sites excluding steroid dienone is 2. The zero-order valence-corrected chi connectivity index (χ0v) is 30.5. The lowest BCUT2D eigenvalue weighted by Gasteiger charge is -2.71. The topological polar surface area (TPSA) is 152 Å². The van der Waals surface area contributed by atoms with Crippen LogP contribution in [-0.2, 0) is 28.5 Å². The van der Waals surface area contributed by atoms with Gasteiger partial charge in [-0.2, -0.15) is 0 Å². The molecule has 10 heteroatoms. The van der Waals surface area contributed by atoms with Gasteiger partial charge >= 0.3 is 11.9 Å². The van der Waals surface area contributed by atoms with Crippen molar-refractivity contribution in [3.8, 4) is 0 Å². The minimum absolute atomic E-state index is 0.0502. The van der Waals surface area contributed by atoms with Crippen molar-refractivity contribution >= 4 is 11.9 Å². The van der Waals surface area contributed by atoms with Gasteiger partial charge in [-0.05, 0) is 103 Å². The zero-order valence-electron chi connectivity index (χ0n) is 30.5. The molecule has 0 aromatic carbocycles. The normalized spacial score (nSPS) is 50.8. The summed E-state index contributed by atoms with van der Waals surface area (Å²) in [5.74, 6) is -0.561. The van der Waals surface area contributed by atoms with Crippen molar-refractivity contribution in [1.29, 1.82) is 0 Å². The third-order valence-electron chi connectivity index (χ3n) is 15.5. The first kappa shape index (κ1) is 36.2. The largest absolute Gasteiger partial charge is 0.468 e. The fraction of sp³-hybridized carbons (Fsp3) is 0.895. The molecule has 1 saturated heterocycles. The summed E-state index contributed by atoms with van der Waals surface area (Å²) in [6, 6.07) is 0. The van der Waals surface area contributed by atoms with Crippen LogP contribution in [-0.4, -0.2) is 89.5 Å². The fourth-order valence-corrected chi connectivity index (χ4v) is 12.6. The van der Waals surface area contributed by atoms with E-state index in [2.05, 4.69) is 54.5 Å². The highest BCUT2D eigenvalue weighted by atomic mass is 16.7. The minimum Gasteiger partial charge on any atom is -0.468 e. The van der Waals surface area contributed by atoms with Crippen molar-refractivity contribution in [2.75, 3.05) is 14.2 Å². The predicted molar refractivity (Wildman–Crippen MR) is 176 cm³/mol. The summed E-state index contributed by atoms with van der Waals surface area (Å²) in [5, 5.41) is 43.9. The smallest absolute Gasteiger partial charge is 0.337 e. The molecule has 5 fully saturated rings. The summed E-state index contributed by atoms with van der Waals surface area (Å²) >= 11 is 0. The Morgan fingerprint density at radius 1 is 0.812 bits per heavy atom. The number of aliphatic hydroxyl groups is 4. The molecule has 4 saturated carbocycles. The summed E-state index contributed by atoms with van der Waals surface area (Å²) in [6.45, 7) is 16.2. The van der Waals surface area contributed by atoms with Crippen molar-refractivity contribution in [2.24, 2.45) is 50.2 Å². The number of aliphatic hydroxyl groups excluding tert-OH is 4. The van der Waals surface area contributed by atoms with E-state index in [9.17, 15) is 30.0 Å². The molecule has 48 heavy (non-hydrogen) atoms. The van der Waals surface area contributed by atoms with Crippen LogP contribution < -0.4 is 0 Å². The molecular weight excluding hydrogens is 616 g/mol. The SMILES string of the molecule is COC(=O)C1OC(O[C@H]2CC[C@]3(C)[C@H]4CC=C5[C@@H]6CC(C)(C)CC[C@]6(C(=O)OC)[C@H](O)C[C@@]5(C)[C@]4(C)CC[C@H]3C2(C)C)C(O)C(O)C1O. The number of rotatable bonds is 4. The van der Waals surface area contributed by atoms with Crippen LogP contribution in [0.15, 0.2) is 11.6 Å². The molecule has 5 unspecified atom stereocenters. The molecule has 0 aromatic rings. The maximum Gasteiger partial charge on any atom is 0.337 e. The Morgan fingerprint density at radius 3 is 2.15 bits per heavy atom. The second-order valence-electron chi connectivity index (χ2n) is 18.4. The third kappa shape index (κ3) is 4.85. The van der Waals surface area contributed by atoms with Crippen LogP contribution >= 0.6 is 0 Å². The van der Waals surface area contributed by atoms with Gasteiger partial charge in [0.15, 0.2) is 12.4 Å². The van der Waals surface area contributed by atoms with Gasteiger partial charge in [-0.15, -0.1) is 0 Å². The highest BCUT2D eigenvalue weighted by molar-refractivity contribution is 5.79. The molecule has 0 bridgehead atoms. The molecule has 0 radical (unpaired) electrons. The van der Waals surface area contributed by atoms with Gasteiger partial charge in [0.05, 0.1) is 26.4 Å². The summed E-state index contributed by atoms with van der Waals surface area (Å²) in [4.78, 5) is 25.9. The van der Waals surface area contributed by atoms with Crippen molar-refractivity contribution in [3.05, 3.63) is 11.6 Å². The molecule has 1 heterocycles. The molecule has 4 N–H and O–H groups in total. The van der Waals surface area contributed by atoms with Crippen LogP contribution in [0.3, 0.4) is 0 Å². The van der Waals surface area contributed by atoms with E-state index in [1.165, 1.54) is 19.8 Å². The summed E-state index contributed by atoms with van der Waals surface area (Å²) in [7, 11) is 2.63. The number of hydrogen-bond acceptors (Lipinski definition) is 10. The fourth-order valence-electron chi connectivity index (χ4n) is 12.6. The summed E-state index contributed by atoms with van der Waals surface area (Å²) < 4.78 is 22.4. The monoisotopic (exact) mass is 676 g/mol. The van der Waals surface area contributed by atoms with Crippen molar-refractivity contribution in [2.45, 2.75) is 149 Å². The maximum atomic E-state index is 13.6. The van der Waals surface area contributed by atoms with Gasteiger partial charge in [0, 0.05) is 0 Å². The van der Waals surface area contributed by atoms with E-state index in [1.54, 1.807) is 0 Å². The average Bonchev–Trinajstić information content (AvgIpc) is 3.01. The van der Waals surface area contributed by atoms with Gasteiger partial charge in [-0.1, -0.05) is 60.1 Å². The molecule has 0 amide bonds. The second kappa shape index (κ2) is 11.7. The second-order valence-corrected chi connectivity index (χ2v) is 18.4. The molecule has 5 aliphatic carbocycles. The van der Waals surface area contributed by atoms with Gasteiger partial charge in [-0.3, -0.25) is 4.79 Å². The molecule has 1 aliphatic heterocycles. The highest BCUT2D eigenvalue weighted by Crippen LogP contribution is 2.76. The molecule has 14 atom stereocenters. The van der Waals surface area contributed by atoms with Gasteiger partial charge < -0.3 is 39.4 Å². The van der Waals surface area contributed by atoms with Crippen molar-refractivity contribution < 1.29 is 49.0 Å². The Morgan fingerprint density at radius 2 is 1.50 bits per heavy atom. The lowest BCUT2D eigenvalue weighted by Crippen LogP contribution is -2.68.